The number of carbonyl (C=O) groups is 1. The number of anilines is 1. The molecule has 1 rings (SSSR count). The number of carbonyl (C=O) groups excluding carboxylic acids is 1. The number of benzene rings is 1. The smallest absolute Gasteiger partial charge is 0.226 e. The maximum absolute atomic E-state index is 12.1. The number of hydrogen-bond donors (Lipinski definition) is 3. The fourth-order valence-corrected chi connectivity index (χ4v) is 2.69. The molecule has 0 atom stereocenters. The largest absolute Gasteiger partial charge is 0.385 e. The maximum Gasteiger partial charge on any atom is 0.226 e. The molecule has 7 nitrogen and oxygen atoms in total. The summed E-state index contributed by atoms with van der Waals surface area (Å²) in [7, 11) is 5.50. The van der Waals surface area contributed by atoms with Crippen LogP contribution in [0, 0.1) is 6.92 Å². The molecule has 0 aliphatic rings. The maximum atomic E-state index is 12.1. The van der Waals surface area contributed by atoms with E-state index in [0.29, 0.717) is 29.6 Å². The number of ether oxygens (including phenoxy) is 1. The number of hydrogen-bond acceptors (Lipinski definition) is 4. The Hall–Kier alpha value is -1.83. The number of rotatable bonds is 11. The Kier molecular flexibility index (Phi) is 11.5. The van der Waals surface area contributed by atoms with Crippen molar-refractivity contribution in [2.75, 3.05) is 59.3 Å². The van der Waals surface area contributed by atoms with Gasteiger partial charge in [-0.15, -0.1) is 0 Å². The predicted molar refractivity (Wildman–Crippen MR) is 113 cm³/mol. The van der Waals surface area contributed by atoms with Crippen LogP contribution in [0.5, 0.6) is 0 Å². The van der Waals surface area contributed by atoms with Crippen molar-refractivity contribution >= 4 is 29.2 Å². The first-order chi connectivity index (χ1) is 13.0. The van der Waals surface area contributed by atoms with Crippen LogP contribution < -0.4 is 16.0 Å². The first-order valence-electron chi connectivity index (χ1n) is 9.14. The van der Waals surface area contributed by atoms with Crippen LogP contribution in [0.4, 0.5) is 5.69 Å². The van der Waals surface area contributed by atoms with Gasteiger partial charge in [0, 0.05) is 53.4 Å². The van der Waals surface area contributed by atoms with Gasteiger partial charge in [-0.3, -0.25) is 9.79 Å². The van der Waals surface area contributed by atoms with Gasteiger partial charge in [-0.2, -0.15) is 0 Å². The van der Waals surface area contributed by atoms with Gasteiger partial charge in [-0.25, -0.2) is 0 Å². The molecule has 0 aliphatic carbocycles. The Bertz CT molecular complexity index is 610. The summed E-state index contributed by atoms with van der Waals surface area (Å²) in [6, 6.07) is 5.55. The second-order valence-electron chi connectivity index (χ2n) is 6.36. The monoisotopic (exact) mass is 397 g/mol. The van der Waals surface area contributed by atoms with Gasteiger partial charge in [0.1, 0.15) is 0 Å². The summed E-state index contributed by atoms with van der Waals surface area (Å²) < 4.78 is 5.05. The summed E-state index contributed by atoms with van der Waals surface area (Å²) in [5.74, 6) is 0.586. The highest BCUT2D eigenvalue weighted by Crippen LogP contribution is 2.22. The van der Waals surface area contributed by atoms with Crippen LogP contribution in [0.1, 0.15) is 18.4 Å². The molecule has 8 heteroatoms. The summed E-state index contributed by atoms with van der Waals surface area (Å²) in [6.45, 7) is 5.88. The van der Waals surface area contributed by atoms with Crippen molar-refractivity contribution in [3.05, 3.63) is 28.8 Å². The number of methoxy groups -OCH3 is 1. The molecule has 0 fully saturated rings. The lowest BCUT2D eigenvalue weighted by Gasteiger charge is -2.18. The van der Waals surface area contributed by atoms with Crippen LogP contribution in [0.25, 0.3) is 0 Å². The van der Waals surface area contributed by atoms with Gasteiger partial charge in [0.15, 0.2) is 5.96 Å². The van der Waals surface area contributed by atoms with Gasteiger partial charge in [0.05, 0.1) is 10.7 Å². The molecule has 0 spiro atoms. The predicted octanol–water partition coefficient (Wildman–Crippen LogP) is 2.11. The third kappa shape index (κ3) is 10.2. The van der Waals surface area contributed by atoms with Crippen molar-refractivity contribution in [1.29, 1.82) is 0 Å². The summed E-state index contributed by atoms with van der Waals surface area (Å²) >= 11 is 6.13. The fraction of sp³-hybridized carbons (Fsp3) is 0.579. The molecule has 0 unspecified atom stereocenters. The normalized spacial score (nSPS) is 11.6. The fourth-order valence-electron chi connectivity index (χ4n) is 2.41. The van der Waals surface area contributed by atoms with Crippen molar-refractivity contribution in [2.24, 2.45) is 4.99 Å². The van der Waals surface area contributed by atoms with Gasteiger partial charge < -0.3 is 25.6 Å². The van der Waals surface area contributed by atoms with E-state index in [4.69, 9.17) is 16.3 Å². The molecule has 0 bridgehead atoms. The van der Waals surface area contributed by atoms with E-state index in [0.717, 1.165) is 38.2 Å². The summed E-state index contributed by atoms with van der Waals surface area (Å²) in [4.78, 5) is 18.5. The van der Waals surface area contributed by atoms with E-state index in [1.165, 1.54) is 0 Å². The molecule has 1 aromatic carbocycles. The second-order valence-corrected chi connectivity index (χ2v) is 6.76. The van der Waals surface area contributed by atoms with Crippen LogP contribution in [0.2, 0.25) is 5.02 Å². The zero-order valence-electron chi connectivity index (χ0n) is 16.8. The molecule has 1 aromatic rings. The lowest BCUT2D eigenvalue weighted by molar-refractivity contribution is -0.116. The molecule has 0 saturated heterocycles. The average Bonchev–Trinajstić information content (AvgIpc) is 2.63. The van der Waals surface area contributed by atoms with Crippen molar-refractivity contribution in [2.45, 2.75) is 19.8 Å². The quantitative estimate of drug-likeness (QED) is 0.303. The van der Waals surface area contributed by atoms with E-state index >= 15 is 0 Å². The highest BCUT2D eigenvalue weighted by atomic mass is 35.5. The minimum atomic E-state index is -0.0958. The zero-order chi connectivity index (χ0) is 20.1. The molecule has 3 N–H and O–H groups in total. The Labute approximate surface area is 167 Å². The molecule has 152 valence electrons. The Morgan fingerprint density at radius 3 is 2.67 bits per heavy atom. The van der Waals surface area contributed by atoms with E-state index in [9.17, 15) is 4.79 Å². The highest BCUT2D eigenvalue weighted by Gasteiger charge is 2.07. The number of aryl methyl sites for hydroxylation is 1. The molecule has 0 saturated carbocycles. The summed E-state index contributed by atoms with van der Waals surface area (Å²) in [6.07, 6.45) is 1.34. The van der Waals surface area contributed by atoms with E-state index in [1.54, 1.807) is 14.2 Å². The number of nitrogens with one attached hydrogen (secondary N) is 3. The van der Waals surface area contributed by atoms with Gasteiger partial charge in [-0.1, -0.05) is 17.7 Å². The van der Waals surface area contributed by atoms with Crippen molar-refractivity contribution in [3.8, 4) is 0 Å². The van der Waals surface area contributed by atoms with Crippen LogP contribution in [-0.2, 0) is 9.53 Å². The van der Waals surface area contributed by atoms with Crippen LogP contribution in [0.15, 0.2) is 23.2 Å². The lowest BCUT2D eigenvalue weighted by atomic mass is 10.2. The number of likely N-dealkylation sites (N-methyl/N-ethyl adjacent to an activating group) is 1. The van der Waals surface area contributed by atoms with Gasteiger partial charge in [-0.05, 0) is 38.1 Å². The van der Waals surface area contributed by atoms with E-state index in [-0.39, 0.29) is 5.91 Å². The molecule has 1 amide bonds. The topological polar surface area (TPSA) is 78.0 Å². The zero-order valence-corrected chi connectivity index (χ0v) is 17.5. The second kappa shape index (κ2) is 13.4. The van der Waals surface area contributed by atoms with Gasteiger partial charge in [0.2, 0.25) is 5.91 Å². The number of halogens is 1. The Morgan fingerprint density at radius 1 is 1.26 bits per heavy atom. The molecule has 0 radical (unpaired) electrons. The molecule has 0 aliphatic heterocycles. The first kappa shape index (κ1) is 23.2. The highest BCUT2D eigenvalue weighted by molar-refractivity contribution is 6.33. The van der Waals surface area contributed by atoms with Gasteiger partial charge >= 0.3 is 0 Å². The summed E-state index contributed by atoms with van der Waals surface area (Å²) in [5, 5.41) is 9.75. The molecule has 0 aromatic heterocycles. The average molecular weight is 398 g/mol. The summed E-state index contributed by atoms with van der Waals surface area (Å²) in [5.41, 5.74) is 1.69. The third-order valence-corrected chi connectivity index (χ3v) is 4.25. The van der Waals surface area contributed by atoms with E-state index in [1.807, 2.05) is 25.1 Å². The van der Waals surface area contributed by atoms with E-state index in [2.05, 4.69) is 32.9 Å². The standard InChI is InChI=1S/C19H32ClN5O2/c1-15-6-7-17(16(20)14-15)24-18(26)8-9-22-19(21-2)23-10-12-25(3)11-5-13-27-4/h6-7,14H,5,8-13H2,1-4H3,(H,24,26)(H2,21,22,23). The first-order valence-corrected chi connectivity index (χ1v) is 9.52. The number of nitrogens with zero attached hydrogens (tertiary/aromatic N) is 2. The SMILES string of the molecule is CN=C(NCCC(=O)Nc1ccc(C)cc1Cl)NCCN(C)CCCOC. The molecular weight excluding hydrogens is 366 g/mol. The number of aliphatic imine (C=N–C) groups is 1. The molecule has 27 heavy (non-hydrogen) atoms. The van der Waals surface area contributed by atoms with Crippen LogP contribution in [-0.4, -0.2) is 70.8 Å². The molecular formula is C19H32ClN5O2. The minimum absolute atomic E-state index is 0.0958. The van der Waals surface area contributed by atoms with Crippen LogP contribution >= 0.6 is 11.6 Å². The van der Waals surface area contributed by atoms with Crippen molar-refractivity contribution in [1.82, 2.24) is 15.5 Å². The van der Waals surface area contributed by atoms with Crippen LogP contribution in [0.3, 0.4) is 0 Å². The Morgan fingerprint density at radius 2 is 2.00 bits per heavy atom. The Balaban J connectivity index is 2.23. The number of guanidine groups is 1. The van der Waals surface area contributed by atoms with Crippen molar-refractivity contribution in [3.63, 3.8) is 0 Å². The van der Waals surface area contributed by atoms with Crippen molar-refractivity contribution < 1.29 is 9.53 Å². The van der Waals surface area contributed by atoms with Gasteiger partial charge in [0.25, 0.3) is 0 Å². The third-order valence-electron chi connectivity index (χ3n) is 3.94. The lowest BCUT2D eigenvalue weighted by Crippen LogP contribution is -2.42. The molecule has 0 heterocycles. The minimum Gasteiger partial charge on any atom is -0.385 e. The number of amides is 1. The van der Waals surface area contributed by atoms with E-state index < -0.39 is 0 Å².